The fraction of sp³-hybridized carbons (Fsp3) is 0.868. The molecule has 1 N–H and O–H groups in total. The predicted octanol–water partition coefficient (Wildman–Crippen LogP) is 12.2. The molecule has 3 nitrogen and oxygen atoms in total. The van der Waals surface area contributed by atoms with E-state index in [-0.39, 0.29) is 11.9 Å². The Bertz CT molecular complexity index is 568. The number of carbonyl (C=O) groups excluding carboxylic acids is 1. The highest BCUT2D eigenvalue weighted by atomic mass is 16.5. The van der Waals surface area contributed by atoms with Crippen LogP contribution in [0.3, 0.4) is 0 Å². The number of allylic oxidation sites excluding steroid dienone is 4. The molecule has 0 radical (unpaired) electrons. The summed E-state index contributed by atoms with van der Waals surface area (Å²) < 4.78 is 5.39. The Morgan fingerprint density at radius 2 is 0.854 bits per heavy atom. The number of esters is 1. The molecule has 0 amide bonds. The van der Waals surface area contributed by atoms with Gasteiger partial charge >= 0.3 is 5.97 Å². The second-order valence-corrected chi connectivity index (χ2v) is 12.3. The molecule has 3 heteroatoms. The van der Waals surface area contributed by atoms with Crippen molar-refractivity contribution < 1.29 is 14.6 Å². The number of ether oxygens (including phenoxy) is 1. The molecule has 0 heterocycles. The van der Waals surface area contributed by atoms with E-state index >= 15 is 0 Å². The Morgan fingerprint density at radius 3 is 1.22 bits per heavy atom. The van der Waals surface area contributed by atoms with Gasteiger partial charge < -0.3 is 9.84 Å². The van der Waals surface area contributed by atoms with Crippen LogP contribution in [0.15, 0.2) is 24.3 Å². The van der Waals surface area contributed by atoms with Crippen molar-refractivity contribution in [2.24, 2.45) is 5.92 Å². The standard InChI is InChI=1S/C38H72O3/c1-3-5-6-7-8-9-10-11-16-19-22-25-28-31-34-37(38(40)41-4-2)35-32-29-26-23-20-17-14-12-13-15-18-21-24-27-30-33-36-39/h11-13,16,37,39H,3-10,14-15,17-36H2,1-2H3/b13-12-,16-11-. The van der Waals surface area contributed by atoms with E-state index in [1.165, 1.54) is 148 Å². The molecule has 0 aliphatic carbocycles. The number of carbonyl (C=O) groups is 1. The Kier molecular flexibility index (Phi) is 34.2. The van der Waals surface area contributed by atoms with Gasteiger partial charge in [0.25, 0.3) is 0 Å². The van der Waals surface area contributed by atoms with Crippen LogP contribution in [0.25, 0.3) is 0 Å². The van der Waals surface area contributed by atoms with Crippen molar-refractivity contribution in [1.29, 1.82) is 0 Å². The molecule has 0 aromatic heterocycles. The maximum Gasteiger partial charge on any atom is 0.308 e. The lowest BCUT2D eigenvalue weighted by Gasteiger charge is -2.15. The van der Waals surface area contributed by atoms with E-state index in [1.54, 1.807) is 0 Å². The van der Waals surface area contributed by atoms with Crippen LogP contribution in [0.5, 0.6) is 0 Å². The maximum atomic E-state index is 12.5. The first-order valence-electron chi connectivity index (χ1n) is 18.3. The molecular formula is C38H72O3. The van der Waals surface area contributed by atoms with E-state index in [0.29, 0.717) is 13.2 Å². The molecule has 0 spiro atoms. The Hall–Kier alpha value is -1.09. The summed E-state index contributed by atoms with van der Waals surface area (Å²) in [5, 5.41) is 8.80. The molecule has 0 saturated carbocycles. The van der Waals surface area contributed by atoms with Crippen molar-refractivity contribution in [3.05, 3.63) is 24.3 Å². The number of hydrogen-bond acceptors (Lipinski definition) is 3. The summed E-state index contributed by atoms with van der Waals surface area (Å²) in [5.74, 6) is 0.150. The van der Waals surface area contributed by atoms with Crippen LogP contribution in [0.2, 0.25) is 0 Å². The zero-order chi connectivity index (χ0) is 29.9. The van der Waals surface area contributed by atoms with Gasteiger partial charge in [0, 0.05) is 6.61 Å². The summed E-state index contributed by atoms with van der Waals surface area (Å²) in [4.78, 5) is 12.5. The summed E-state index contributed by atoms with van der Waals surface area (Å²) in [7, 11) is 0. The Balaban J connectivity index is 3.68. The Labute approximate surface area is 257 Å². The maximum absolute atomic E-state index is 12.5. The van der Waals surface area contributed by atoms with Crippen LogP contribution in [0.4, 0.5) is 0 Å². The topological polar surface area (TPSA) is 46.5 Å². The van der Waals surface area contributed by atoms with E-state index in [0.717, 1.165) is 32.1 Å². The highest BCUT2D eigenvalue weighted by molar-refractivity contribution is 5.72. The number of hydrogen-bond donors (Lipinski definition) is 1. The average Bonchev–Trinajstić information content (AvgIpc) is 2.97. The molecule has 0 rings (SSSR count). The van der Waals surface area contributed by atoms with Crippen molar-refractivity contribution in [2.75, 3.05) is 13.2 Å². The van der Waals surface area contributed by atoms with Gasteiger partial charge in [-0.2, -0.15) is 0 Å². The third-order valence-corrected chi connectivity index (χ3v) is 8.30. The smallest absolute Gasteiger partial charge is 0.308 e. The zero-order valence-electron chi connectivity index (χ0n) is 27.9. The monoisotopic (exact) mass is 577 g/mol. The second kappa shape index (κ2) is 35.1. The number of rotatable bonds is 33. The third kappa shape index (κ3) is 31.7. The molecule has 0 aliphatic heterocycles. The van der Waals surface area contributed by atoms with Crippen LogP contribution in [-0.4, -0.2) is 24.3 Å². The molecule has 1 atom stereocenters. The van der Waals surface area contributed by atoms with Crippen LogP contribution < -0.4 is 0 Å². The second-order valence-electron chi connectivity index (χ2n) is 12.3. The summed E-state index contributed by atoms with van der Waals surface area (Å²) >= 11 is 0. The zero-order valence-corrected chi connectivity index (χ0v) is 27.9. The fourth-order valence-electron chi connectivity index (χ4n) is 5.60. The van der Waals surface area contributed by atoms with Crippen molar-refractivity contribution in [3.63, 3.8) is 0 Å². The van der Waals surface area contributed by atoms with Crippen molar-refractivity contribution >= 4 is 5.97 Å². The first-order valence-corrected chi connectivity index (χ1v) is 18.3. The lowest BCUT2D eigenvalue weighted by Crippen LogP contribution is -2.18. The lowest BCUT2D eigenvalue weighted by molar-refractivity contribution is -0.148. The van der Waals surface area contributed by atoms with E-state index in [1.807, 2.05) is 6.92 Å². The molecule has 1 unspecified atom stereocenters. The minimum Gasteiger partial charge on any atom is -0.466 e. The molecular weight excluding hydrogens is 504 g/mol. The minimum atomic E-state index is 0.0404. The number of aliphatic hydroxyl groups excluding tert-OH is 1. The van der Waals surface area contributed by atoms with Gasteiger partial charge in [-0.15, -0.1) is 0 Å². The summed E-state index contributed by atoms with van der Waals surface area (Å²) in [6, 6.07) is 0. The number of aliphatic hydroxyl groups is 1. The van der Waals surface area contributed by atoms with E-state index in [9.17, 15) is 4.79 Å². The molecule has 0 bridgehead atoms. The van der Waals surface area contributed by atoms with Crippen LogP contribution in [-0.2, 0) is 9.53 Å². The minimum absolute atomic E-state index is 0.0404. The normalized spacial score (nSPS) is 12.6. The van der Waals surface area contributed by atoms with Crippen molar-refractivity contribution in [3.8, 4) is 0 Å². The van der Waals surface area contributed by atoms with Gasteiger partial charge in [0.05, 0.1) is 12.5 Å². The summed E-state index contributed by atoms with van der Waals surface area (Å²) in [6.07, 6.45) is 44.6. The van der Waals surface area contributed by atoms with Crippen molar-refractivity contribution in [1.82, 2.24) is 0 Å². The third-order valence-electron chi connectivity index (χ3n) is 8.30. The van der Waals surface area contributed by atoms with Gasteiger partial charge in [-0.1, -0.05) is 140 Å². The average molecular weight is 577 g/mol. The molecule has 0 aromatic carbocycles. The van der Waals surface area contributed by atoms with Gasteiger partial charge in [-0.3, -0.25) is 4.79 Å². The molecule has 0 aliphatic rings. The predicted molar refractivity (Wildman–Crippen MR) is 180 cm³/mol. The van der Waals surface area contributed by atoms with Gasteiger partial charge in [-0.25, -0.2) is 0 Å². The molecule has 0 aromatic rings. The van der Waals surface area contributed by atoms with Gasteiger partial charge in [0.2, 0.25) is 0 Å². The van der Waals surface area contributed by atoms with Gasteiger partial charge in [0.15, 0.2) is 0 Å². The largest absolute Gasteiger partial charge is 0.466 e. The highest BCUT2D eigenvalue weighted by Crippen LogP contribution is 2.21. The molecule has 41 heavy (non-hydrogen) atoms. The van der Waals surface area contributed by atoms with E-state index < -0.39 is 0 Å². The van der Waals surface area contributed by atoms with Crippen LogP contribution in [0.1, 0.15) is 194 Å². The molecule has 242 valence electrons. The van der Waals surface area contributed by atoms with Crippen LogP contribution in [0, 0.1) is 5.92 Å². The number of unbranched alkanes of at least 4 members (excludes halogenated alkanes) is 22. The van der Waals surface area contributed by atoms with Crippen molar-refractivity contribution in [2.45, 2.75) is 194 Å². The first kappa shape index (κ1) is 39.9. The van der Waals surface area contributed by atoms with Gasteiger partial charge in [0.1, 0.15) is 0 Å². The summed E-state index contributed by atoms with van der Waals surface area (Å²) in [6.45, 7) is 5.05. The highest BCUT2D eigenvalue weighted by Gasteiger charge is 2.18. The quantitative estimate of drug-likeness (QED) is 0.0480. The van der Waals surface area contributed by atoms with Gasteiger partial charge in [-0.05, 0) is 77.6 Å². The van der Waals surface area contributed by atoms with Crippen LogP contribution >= 0.6 is 0 Å². The van der Waals surface area contributed by atoms with E-state index in [4.69, 9.17) is 9.84 Å². The summed E-state index contributed by atoms with van der Waals surface area (Å²) in [5.41, 5.74) is 0. The molecule has 0 saturated heterocycles. The fourth-order valence-corrected chi connectivity index (χ4v) is 5.60. The van der Waals surface area contributed by atoms with E-state index in [2.05, 4.69) is 31.2 Å². The first-order chi connectivity index (χ1) is 20.3. The SMILES string of the molecule is CCCCCCCC/C=C\CCCCCCC(CCCCCCCC/C=C\CCCCCCCCO)C(=O)OCC. The molecule has 0 fully saturated rings. The lowest BCUT2D eigenvalue weighted by atomic mass is 9.94. The Morgan fingerprint density at radius 1 is 0.512 bits per heavy atom.